The van der Waals surface area contributed by atoms with Gasteiger partial charge < -0.3 is 19.3 Å². The molecule has 0 unspecified atom stereocenters. The molecular weight excluding hydrogens is 287 g/mol. The average molecular weight is 310 g/mol. The highest BCUT2D eigenvalue weighted by atomic mass is 31.2. The van der Waals surface area contributed by atoms with Gasteiger partial charge >= 0.3 is 7.60 Å². The monoisotopic (exact) mass is 310 g/mol. The number of fused-ring (bicyclic) bond motifs is 1. The maximum absolute atomic E-state index is 12.7. The van der Waals surface area contributed by atoms with Crippen LogP contribution in [0.3, 0.4) is 0 Å². The molecule has 0 aliphatic carbocycles. The third kappa shape index (κ3) is 3.88. The van der Waals surface area contributed by atoms with Crippen LogP contribution in [0.25, 0.3) is 5.70 Å². The first-order chi connectivity index (χ1) is 10.1. The summed E-state index contributed by atoms with van der Waals surface area (Å²) in [5, 5.41) is 3.33. The molecule has 1 heterocycles. The summed E-state index contributed by atoms with van der Waals surface area (Å²) < 4.78 is 23.4. The normalized spacial score (nSPS) is 17.3. The van der Waals surface area contributed by atoms with Gasteiger partial charge in [-0.1, -0.05) is 18.2 Å². The van der Waals surface area contributed by atoms with Gasteiger partial charge in [0.1, 0.15) is 0 Å². The van der Waals surface area contributed by atoms with Crippen molar-refractivity contribution < 1.29 is 13.6 Å². The first-order valence-electron chi connectivity index (χ1n) is 7.25. The summed E-state index contributed by atoms with van der Waals surface area (Å²) >= 11 is 0. The molecule has 0 radical (unpaired) electrons. The molecule has 0 aromatic heterocycles. The Balaban J connectivity index is 2.44. The summed E-state index contributed by atoms with van der Waals surface area (Å²) in [5.41, 5.74) is 2.92. The molecule has 21 heavy (non-hydrogen) atoms. The summed E-state index contributed by atoms with van der Waals surface area (Å²) in [4.78, 5) is 2.18. The largest absolute Gasteiger partial charge is 0.382 e. The van der Waals surface area contributed by atoms with Gasteiger partial charge in [-0.15, -0.1) is 0 Å². The van der Waals surface area contributed by atoms with Crippen molar-refractivity contribution >= 4 is 19.0 Å². The minimum atomic E-state index is -3.23. The van der Waals surface area contributed by atoms with Crippen LogP contribution in [-0.2, 0) is 13.6 Å². The SMILES string of the molecule is CCOP(=O)(C=C1NCCN(C)c2ccccc21)OCC. The van der Waals surface area contributed by atoms with Gasteiger partial charge in [-0.25, -0.2) is 0 Å². The van der Waals surface area contributed by atoms with E-state index in [-0.39, 0.29) is 0 Å². The van der Waals surface area contributed by atoms with E-state index in [1.807, 2.05) is 39.1 Å². The van der Waals surface area contributed by atoms with Crippen molar-refractivity contribution in [1.82, 2.24) is 5.32 Å². The second-order valence-electron chi connectivity index (χ2n) is 4.78. The Kier molecular flexibility index (Phi) is 5.45. The summed E-state index contributed by atoms with van der Waals surface area (Å²) in [6, 6.07) is 8.05. The minimum absolute atomic E-state index is 0.350. The van der Waals surface area contributed by atoms with E-state index < -0.39 is 7.60 Å². The van der Waals surface area contributed by atoms with E-state index in [2.05, 4.69) is 16.3 Å². The van der Waals surface area contributed by atoms with Gasteiger partial charge in [0.25, 0.3) is 0 Å². The lowest BCUT2D eigenvalue weighted by Crippen LogP contribution is -2.24. The minimum Gasteiger partial charge on any atom is -0.382 e. The molecule has 0 saturated heterocycles. The van der Waals surface area contributed by atoms with Gasteiger partial charge in [0.2, 0.25) is 0 Å². The van der Waals surface area contributed by atoms with Crippen molar-refractivity contribution in [3.05, 3.63) is 35.6 Å². The Morgan fingerprint density at radius 2 is 1.95 bits per heavy atom. The summed E-state index contributed by atoms with van der Waals surface area (Å²) in [6.45, 7) is 5.97. The Hall–Kier alpha value is -1.29. The van der Waals surface area contributed by atoms with Gasteiger partial charge in [-0.2, -0.15) is 0 Å². The van der Waals surface area contributed by atoms with E-state index in [1.165, 1.54) is 0 Å². The van der Waals surface area contributed by atoms with E-state index in [4.69, 9.17) is 9.05 Å². The summed E-state index contributed by atoms with van der Waals surface area (Å²) in [6.07, 6.45) is 0. The first-order valence-corrected chi connectivity index (χ1v) is 8.87. The van der Waals surface area contributed by atoms with Crippen molar-refractivity contribution in [1.29, 1.82) is 0 Å². The molecule has 0 fully saturated rings. The predicted molar refractivity (Wildman–Crippen MR) is 86.6 cm³/mol. The lowest BCUT2D eigenvalue weighted by Gasteiger charge is -2.19. The Morgan fingerprint density at radius 3 is 2.62 bits per heavy atom. The number of rotatable bonds is 5. The fourth-order valence-electron chi connectivity index (χ4n) is 2.35. The van der Waals surface area contributed by atoms with E-state index in [0.717, 1.165) is 30.0 Å². The highest BCUT2D eigenvalue weighted by Crippen LogP contribution is 2.51. The van der Waals surface area contributed by atoms with Crippen LogP contribution in [0.1, 0.15) is 19.4 Å². The van der Waals surface area contributed by atoms with E-state index in [1.54, 1.807) is 5.82 Å². The van der Waals surface area contributed by atoms with Crippen LogP contribution in [0.5, 0.6) is 0 Å². The third-order valence-corrected chi connectivity index (χ3v) is 5.08. The molecule has 2 rings (SSSR count). The van der Waals surface area contributed by atoms with Crippen LogP contribution in [0, 0.1) is 0 Å². The van der Waals surface area contributed by atoms with Crippen molar-refractivity contribution in [3.8, 4) is 0 Å². The van der Waals surface area contributed by atoms with Crippen LogP contribution in [0.15, 0.2) is 30.1 Å². The zero-order valence-corrected chi connectivity index (χ0v) is 13.7. The maximum Gasteiger partial charge on any atom is 0.356 e. The standard InChI is InChI=1S/C15H23N2O3P/c1-4-19-21(18,20-5-2)12-14-13-8-6-7-9-15(13)17(3)11-10-16-14/h6-9,12,16H,4-5,10-11H2,1-3H3. The van der Waals surface area contributed by atoms with Gasteiger partial charge in [-0.05, 0) is 19.9 Å². The van der Waals surface area contributed by atoms with Crippen LogP contribution in [0.4, 0.5) is 5.69 Å². The van der Waals surface area contributed by atoms with Crippen molar-refractivity contribution in [3.63, 3.8) is 0 Å². The van der Waals surface area contributed by atoms with E-state index >= 15 is 0 Å². The van der Waals surface area contributed by atoms with Crippen molar-refractivity contribution in [2.75, 3.05) is 38.3 Å². The van der Waals surface area contributed by atoms with Crippen molar-refractivity contribution in [2.45, 2.75) is 13.8 Å². The number of hydrogen-bond donors (Lipinski definition) is 1. The fourth-order valence-corrected chi connectivity index (χ4v) is 3.84. The van der Waals surface area contributed by atoms with Crippen molar-refractivity contribution in [2.24, 2.45) is 0 Å². The Labute approximate surface area is 126 Å². The number of nitrogens with one attached hydrogen (secondary N) is 1. The Morgan fingerprint density at radius 1 is 1.29 bits per heavy atom. The molecule has 1 aromatic carbocycles. The van der Waals surface area contributed by atoms with E-state index in [0.29, 0.717) is 13.2 Å². The highest BCUT2D eigenvalue weighted by molar-refractivity contribution is 7.57. The number of benzene rings is 1. The quantitative estimate of drug-likeness (QED) is 0.846. The number of nitrogens with zero attached hydrogens (tertiary/aromatic N) is 1. The predicted octanol–water partition coefficient (Wildman–Crippen LogP) is 3.29. The summed E-state index contributed by atoms with van der Waals surface area (Å²) in [7, 11) is -1.18. The maximum atomic E-state index is 12.7. The zero-order valence-electron chi connectivity index (χ0n) is 12.8. The molecule has 0 spiro atoms. The molecule has 116 valence electrons. The topological polar surface area (TPSA) is 50.8 Å². The fraction of sp³-hybridized carbons (Fsp3) is 0.467. The van der Waals surface area contributed by atoms with Gasteiger partial charge in [0.05, 0.1) is 24.7 Å². The highest BCUT2D eigenvalue weighted by Gasteiger charge is 2.24. The smallest absolute Gasteiger partial charge is 0.356 e. The molecule has 5 nitrogen and oxygen atoms in total. The number of anilines is 1. The van der Waals surface area contributed by atoms with Crippen LogP contribution in [0.2, 0.25) is 0 Å². The van der Waals surface area contributed by atoms with Crippen LogP contribution >= 0.6 is 7.60 Å². The molecule has 1 aliphatic heterocycles. The van der Waals surface area contributed by atoms with Crippen LogP contribution < -0.4 is 10.2 Å². The summed E-state index contributed by atoms with van der Waals surface area (Å²) in [5.74, 6) is 1.61. The molecule has 6 heteroatoms. The zero-order chi connectivity index (χ0) is 15.3. The third-order valence-electron chi connectivity index (χ3n) is 3.27. The second kappa shape index (κ2) is 7.12. The molecule has 1 aliphatic rings. The molecule has 1 aromatic rings. The van der Waals surface area contributed by atoms with E-state index in [9.17, 15) is 4.57 Å². The number of hydrogen-bond acceptors (Lipinski definition) is 5. The van der Waals surface area contributed by atoms with Gasteiger partial charge in [-0.3, -0.25) is 4.57 Å². The molecular formula is C15H23N2O3P. The first kappa shape index (κ1) is 16.1. The average Bonchev–Trinajstić information content (AvgIpc) is 2.60. The number of para-hydroxylation sites is 1. The lowest BCUT2D eigenvalue weighted by atomic mass is 10.1. The lowest BCUT2D eigenvalue weighted by molar-refractivity contribution is 0.229. The molecule has 0 amide bonds. The second-order valence-corrected chi connectivity index (χ2v) is 6.64. The number of likely N-dealkylation sites (N-methyl/N-ethyl adjacent to an activating group) is 1. The molecule has 1 N–H and O–H groups in total. The van der Waals surface area contributed by atoms with Gasteiger partial charge in [0.15, 0.2) is 0 Å². The Bertz CT molecular complexity index is 550. The molecule has 0 atom stereocenters. The van der Waals surface area contributed by atoms with Crippen LogP contribution in [-0.4, -0.2) is 33.4 Å². The molecule has 0 bridgehead atoms. The van der Waals surface area contributed by atoms with Gasteiger partial charge in [0, 0.05) is 31.4 Å². The molecule has 0 saturated carbocycles.